The zero-order valence-corrected chi connectivity index (χ0v) is 25.5. The maximum atomic E-state index is 14.4. The summed E-state index contributed by atoms with van der Waals surface area (Å²) in [5.41, 5.74) is 3.60. The lowest BCUT2D eigenvalue weighted by Gasteiger charge is -2.25. The first-order valence-electron chi connectivity index (χ1n) is 13.7. The Morgan fingerprint density at radius 2 is 1.72 bits per heavy atom. The van der Waals surface area contributed by atoms with Gasteiger partial charge in [-0.3, -0.25) is 14.2 Å². The number of anilines is 1. The fourth-order valence-electron chi connectivity index (χ4n) is 5.44. The molecule has 0 saturated heterocycles. The first-order chi connectivity index (χ1) is 20.7. The Balaban J connectivity index is 1.55. The summed E-state index contributed by atoms with van der Waals surface area (Å²) in [5, 5.41) is 0.608. The third-order valence-electron chi connectivity index (χ3n) is 7.40. The molecule has 43 heavy (non-hydrogen) atoms. The molecule has 3 aromatic carbocycles. The second kappa shape index (κ2) is 11.3. The molecule has 0 unspecified atom stereocenters. The predicted molar refractivity (Wildman–Crippen MR) is 166 cm³/mol. The number of esters is 1. The van der Waals surface area contributed by atoms with Crippen molar-refractivity contribution in [2.45, 2.75) is 39.5 Å². The third-order valence-corrected chi connectivity index (χ3v) is 8.70. The summed E-state index contributed by atoms with van der Waals surface area (Å²) in [6.07, 6.45) is -0.365. The van der Waals surface area contributed by atoms with Crippen LogP contribution in [-0.2, 0) is 20.9 Å². The summed E-state index contributed by atoms with van der Waals surface area (Å²) in [7, 11) is 1.57. The van der Waals surface area contributed by atoms with Gasteiger partial charge in [-0.1, -0.05) is 65.4 Å². The van der Waals surface area contributed by atoms with Crippen molar-refractivity contribution in [3.05, 3.63) is 125 Å². The minimum atomic E-state index is -0.806. The molecule has 0 aliphatic carbocycles. The van der Waals surface area contributed by atoms with Crippen molar-refractivity contribution in [3.63, 3.8) is 0 Å². The number of fused-ring (bicyclic) bond motifs is 2. The van der Waals surface area contributed by atoms with Crippen molar-refractivity contribution in [1.82, 2.24) is 4.57 Å². The van der Waals surface area contributed by atoms with Crippen LogP contribution in [0.2, 0.25) is 5.02 Å². The summed E-state index contributed by atoms with van der Waals surface area (Å²) in [4.78, 5) is 48.6. The van der Waals surface area contributed by atoms with Crippen LogP contribution in [0, 0.1) is 0 Å². The molecule has 1 amide bonds. The second-order valence-corrected chi connectivity index (χ2v) is 12.0. The zero-order valence-electron chi connectivity index (χ0n) is 24.0. The van der Waals surface area contributed by atoms with Crippen LogP contribution in [0.25, 0.3) is 5.57 Å². The number of hydrogen-bond acceptors (Lipinski definition) is 7. The lowest BCUT2D eigenvalue weighted by molar-refractivity contribution is -0.143. The van der Waals surface area contributed by atoms with E-state index >= 15 is 0 Å². The maximum Gasteiger partial charge on any atom is 0.338 e. The molecule has 218 valence electrons. The molecule has 10 heteroatoms. The highest BCUT2D eigenvalue weighted by molar-refractivity contribution is 7.07. The quantitative estimate of drug-likeness (QED) is 0.292. The summed E-state index contributed by atoms with van der Waals surface area (Å²) in [6.45, 7) is 5.59. The van der Waals surface area contributed by atoms with E-state index in [1.807, 2.05) is 48.5 Å². The van der Waals surface area contributed by atoms with Crippen molar-refractivity contribution in [2.75, 3.05) is 12.0 Å². The largest absolute Gasteiger partial charge is 0.497 e. The predicted octanol–water partition coefficient (Wildman–Crippen LogP) is 4.77. The first kappa shape index (κ1) is 28.6. The summed E-state index contributed by atoms with van der Waals surface area (Å²) >= 11 is 7.22. The van der Waals surface area contributed by atoms with Crippen LogP contribution < -0.4 is 24.5 Å². The van der Waals surface area contributed by atoms with E-state index in [1.165, 1.54) is 4.57 Å². The fourth-order valence-corrected chi connectivity index (χ4v) is 6.70. The second-order valence-electron chi connectivity index (χ2n) is 10.5. The number of rotatable bonds is 6. The Hall–Kier alpha value is -4.47. The van der Waals surface area contributed by atoms with Crippen molar-refractivity contribution >= 4 is 46.1 Å². The van der Waals surface area contributed by atoms with Crippen LogP contribution in [-0.4, -0.2) is 29.7 Å². The molecule has 8 nitrogen and oxygen atoms in total. The number of aromatic nitrogens is 1. The number of benzene rings is 3. The van der Waals surface area contributed by atoms with Crippen LogP contribution in [0.1, 0.15) is 43.5 Å². The van der Waals surface area contributed by atoms with E-state index in [-0.39, 0.29) is 22.1 Å². The number of nitrogens with zero attached hydrogens (tertiary/aromatic N) is 3. The molecule has 6 rings (SSSR count). The molecule has 1 atom stereocenters. The molecular weight excluding hydrogens is 586 g/mol. The van der Waals surface area contributed by atoms with Gasteiger partial charge < -0.3 is 14.4 Å². The number of thiazole rings is 1. The van der Waals surface area contributed by atoms with Gasteiger partial charge >= 0.3 is 5.97 Å². The molecule has 0 fully saturated rings. The van der Waals surface area contributed by atoms with Crippen LogP contribution in [0.4, 0.5) is 5.69 Å². The van der Waals surface area contributed by atoms with Gasteiger partial charge in [-0.15, -0.1) is 0 Å². The highest BCUT2D eigenvalue weighted by atomic mass is 35.5. The number of halogens is 1. The molecule has 3 heterocycles. The van der Waals surface area contributed by atoms with Gasteiger partial charge in [0.1, 0.15) is 10.3 Å². The van der Waals surface area contributed by atoms with E-state index in [1.54, 1.807) is 57.0 Å². The van der Waals surface area contributed by atoms with Gasteiger partial charge in [0.2, 0.25) is 0 Å². The van der Waals surface area contributed by atoms with Crippen molar-refractivity contribution in [2.24, 2.45) is 4.99 Å². The molecule has 0 saturated carbocycles. The van der Waals surface area contributed by atoms with Gasteiger partial charge in [-0.25, -0.2) is 9.79 Å². The number of carbonyl (C=O) groups is 2. The Kier molecular flexibility index (Phi) is 7.54. The lowest BCUT2D eigenvalue weighted by Crippen LogP contribution is -2.41. The fraction of sp³-hybridized carbons (Fsp3) is 0.212. The number of methoxy groups -OCH3 is 1. The molecule has 4 aromatic rings. The Morgan fingerprint density at radius 3 is 2.40 bits per heavy atom. The van der Waals surface area contributed by atoms with Crippen LogP contribution in [0.15, 0.2) is 93.9 Å². The highest BCUT2D eigenvalue weighted by Gasteiger charge is 2.37. The number of carbonyl (C=O) groups excluding carboxylic acids is 2. The first-order valence-corrected chi connectivity index (χ1v) is 14.9. The van der Waals surface area contributed by atoms with Crippen LogP contribution in [0.3, 0.4) is 0 Å². The molecular formula is C33H28ClN3O5S. The van der Waals surface area contributed by atoms with Gasteiger partial charge in [-0.2, -0.15) is 0 Å². The van der Waals surface area contributed by atoms with Crippen LogP contribution >= 0.6 is 22.9 Å². The minimum Gasteiger partial charge on any atom is -0.497 e. The van der Waals surface area contributed by atoms with Gasteiger partial charge in [0.05, 0.1) is 48.3 Å². The molecule has 0 radical (unpaired) electrons. The van der Waals surface area contributed by atoms with Gasteiger partial charge in [0.15, 0.2) is 4.80 Å². The topological polar surface area (TPSA) is 90.2 Å². The maximum absolute atomic E-state index is 14.4. The Morgan fingerprint density at radius 1 is 1.02 bits per heavy atom. The summed E-state index contributed by atoms with van der Waals surface area (Å²) in [5.74, 6) is -0.191. The van der Waals surface area contributed by atoms with Crippen molar-refractivity contribution in [1.29, 1.82) is 0 Å². The van der Waals surface area contributed by atoms with E-state index in [4.69, 9.17) is 21.1 Å². The smallest absolute Gasteiger partial charge is 0.338 e. The molecule has 0 bridgehead atoms. The van der Waals surface area contributed by atoms with Crippen LogP contribution in [0.5, 0.6) is 5.75 Å². The number of para-hydroxylation sites is 1. The summed E-state index contributed by atoms with van der Waals surface area (Å²) in [6, 6.07) is 21.1. The molecule has 0 N–H and O–H groups in total. The standard InChI is InChI=1S/C33H28ClN3O5S/c1-18(2)42-32(40)26-19(3)35-33-37(28(26)21-11-15-23(41-4)16-12-21)31(39)29(43-33)27-24-7-5-6-8-25(24)36(30(27)38)17-20-9-13-22(34)14-10-20/h5-16,18,28H,17H2,1-4H3/b29-27-/t28-/m0/s1. The molecule has 2 aliphatic rings. The minimum absolute atomic E-state index is 0.264. The van der Waals surface area contributed by atoms with Gasteiger partial charge in [0, 0.05) is 10.6 Å². The van der Waals surface area contributed by atoms with Gasteiger partial charge in [-0.05, 0) is 62.2 Å². The Labute approximate surface area is 256 Å². The van der Waals surface area contributed by atoms with E-state index in [0.29, 0.717) is 50.2 Å². The van der Waals surface area contributed by atoms with Crippen molar-refractivity contribution in [3.8, 4) is 5.75 Å². The van der Waals surface area contributed by atoms with E-state index < -0.39 is 17.6 Å². The zero-order chi connectivity index (χ0) is 30.4. The van der Waals surface area contributed by atoms with E-state index in [0.717, 1.165) is 16.9 Å². The molecule has 1 aromatic heterocycles. The highest BCUT2D eigenvalue weighted by Crippen LogP contribution is 2.37. The normalized spacial score (nSPS) is 17.1. The molecule has 2 aliphatic heterocycles. The van der Waals surface area contributed by atoms with Crippen molar-refractivity contribution < 1.29 is 19.1 Å². The average Bonchev–Trinajstić information content (AvgIpc) is 3.45. The van der Waals surface area contributed by atoms with E-state index in [9.17, 15) is 14.4 Å². The number of amides is 1. The number of hydrogen-bond donors (Lipinski definition) is 0. The Bertz CT molecular complexity index is 1970. The van der Waals surface area contributed by atoms with Gasteiger partial charge in [0.25, 0.3) is 11.5 Å². The van der Waals surface area contributed by atoms with E-state index in [2.05, 4.69) is 4.99 Å². The SMILES string of the molecule is COc1ccc([C@H]2C(C(=O)OC(C)C)=C(C)N=c3s/c(=C4\C(=O)N(Cc5ccc(Cl)cc5)c5ccccc54)c(=O)n32)cc1. The summed E-state index contributed by atoms with van der Waals surface area (Å²) < 4.78 is 12.7. The third kappa shape index (κ3) is 5.08. The number of allylic oxidation sites excluding steroid dienone is 1. The monoisotopic (exact) mass is 613 g/mol. The number of ether oxygens (including phenoxy) is 2. The average molecular weight is 614 g/mol. The lowest BCUT2D eigenvalue weighted by atomic mass is 9.95. The molecule has 0 spiro atoms.